The highest BCUT2D eigenvalue weighted by Crippen LogP contribution is 2.16. The van der Waals surface area contributed by atoms with E-state index >= 15 is 0 Å². The zero-order valence-corrected chi connectivity index (χ0v) is 12.8. The van der Waals surface area contributed by atoms with Gasteiger partial charge in [-0.2, -0.15) is 0 Å². The number of halogens is 3. The fourth-order valence-corrected chi connectivity index (χ4v) is 2.32. The number of rotatable bonds is 5. The first-order valence-corrected chi connectivity index (χ1v) is 7.28. The average molecular weight is 340 g/mol. The van der Waals surface area contributed by atoms with E-state index in [1.807, 2.05) is 24.3 Å². The summed E-state index contributed by atoms with van der Waals surface area (Å²) in [6.45, 7) is 2.73. The normalized spacial score (nSPS) is 12.4. The monoisotopic (exact) mass is 339 g/mol. The lowest BCUT2D eigenvalue weighted by molar-refractivity contribution is 0.563. The molecule has 20 heavy (non-hydrogen) atoms. The summed E-state index contributed by atoms with van der Waals surface area (Å²) in [5.41, 5.74) is 1.84. The average Bonchev–Trinajstić information content (AvgIpc) is 2.38. The van der Waals surface area contributed by atoms with Gasteiger partial charge in [0.25, 0.3) is 0 Å². The first-order chi connectivity index (χ1) is 9.54. The second kappa shape index (κ2) is 6.95. The molecule has 2 rings (SSSR count). The maximum atomic E-state index is 13.1. The van der Waals surface area contributed by atoms with E-state index in [9.17, 15) is 8.78 Å². The quantitative estimate of drug-likeness (QED) is 0.837. The molecule has 1 atom stereocenters. The van der Waals surface area contributed by atoms with Gasteiger partial charge in [0, 0.05) is 16.6 Å². The Kier molecular flexibility index (Phi) is 5.26. The molecule has 0 bridgehead atoms. The Labute approximate surface area is 126 Å². The lowest BCUT2D eigenvalue weighted by Crippen LogP contribution is -2.21. The van der Waals surface area contributed by atoms with E-state index in [-0.39, 0.29) is 6.04 Å². The minimum atomic E-state index is -0.527. The zero-order valence-electron chi connectivity index (χ0n) is 11.2. The highest BCUT2D eigenvalue weighted by Gasteiger charge is 2.05. The Morgan fingerprint density at radius 2 is 1.65 bits per heavy atom. The zero-order chi connectivity index (χ0) is 14.5. The maximum absolute atomic E-state index is 13.1. The predicted molar refractivity (Wildman–Crippen MR) is 80.6 cm³/mol. The molecule has 0 saturated carbocycles. The van der Waals surface area contributed by atoms with Crippen molar-refractivity contribution in [3.63, 3.8) is 0 Å². The van der Waals surface area contributed by atoms with Gasteiger partial charge in [-0.1, -0.05) is 28.1 Å². The van der Waals surface area contributed by atoms with Gasteiger partial charge >= 0.3 is 0 Å². The summed E-state index contributed by atoms with van der Waals surface area (Å²) in [5, 5.41) is 3.35. The lowest BCUT2D eigenvalue weighted by Gasteiger charge is -2.14. The first-order valence-electron chi connectivity index (χ1n) is 6.48. The summed E-state index contributed by atoms with van der Waals surface area (Å²) < 4.78 is 27.1. The van der Waals surface area contributed by atoms with E-state index in [1.54, 1.807) is 0 Å². The van der Waals surface area contributed by atoms with E-state index < -0.39 is 11.6 Å². The number of hydrogen-bond acceptors (Lipinski definition) is 1. The van der Waals surface area contributed by atoms with E-state index in [1.165, 1.54) is 17.7 Å². The van der Waals surface area contributed by atoms with Gasteiger partial charge in [-0.15, -0.1) is 0 Å². The SMILES string of the molecule is CC(NCCc1cc(F)cc(F)c1)c1ccc(Br)cc1. The molecule has 0 heterocycles. The third kappa shape index (κ3) is 4.39. The van der Waals surface area contributed by atoms with Crippen molar-refractivity contribution in [3.05, 3.63) is 69.7 Å². The van der Waals surface area contributed by atoms with E-state index in [2.05, 4.69) is 28.2 Å². The van der Waals surface area contributed by atoms with Gasteiger partial charge in [0.05, 0.1) is 0 Å². The Balaban J connectivity index is 1.87. The van der Waals surface area contributed by atoms with Crippen molar-refractivity contribution in [2.75, 3.05) is 6.54 Å². The largest absolute Gasteiger partial charge is 0.310 e. The summed E-state index contributed by atoms with van der Waals surface area (Å²) in [7, 11) is 0. The molecule has 2 aromatic rings. The van der Waals surface area contributed by atoms with Crippen LogP contribution >= 0.6 is 15.9 Å². The van der Waals surface area contributed by atoms with Crippen LogP contribution in [0.1, 0.15) is 24.1 Å². The smallest absolute Gasteiger partial charge is 0.126 e. The van der Waals surface area contributed by atoms with Gasteiger partial charge < -0.3 is 5.32 Å². The molecule has 4 heteroatoms. The minimum absolute atomic E-state index is 0.196. The van der Waals surface area contributed by atoms with Crippen molar-refractivity contribution in [1.29, 1.82) is 0 Å². The molecule has 0 fully saturated rings. The van der Waals surface area contributed by atoms with Crippen LogP contribution in [0.5, 0.6) is 0 Å². The summed E-state index contributed by atoms with van der Waals surface area (Å²) in [6, 6.07) is 11.9. The topological polar surface area (TPSA) is 12.0 Å². The third-order valence-corrected chi connectivity index (χ3v) is 3.69. The Morgan fingerprint density at radius 1 is 1.05 bits per heavy atom. The van der Waals surface area contributed by atoms with Crippen molar-refractivity contribution in [2.24, 2.45) is 0 Å². The van der Waals surface area contributed by atoms with Crippen LogP contribution in [0.2, 0.25) is 0 Å². The fourth-order valence-electron chi connectivity index (χ4n) is 2.06. The Hall–Kier alpha value is -1.26. The van der Waals surface area contributed by atoms with E-state index in [4.69, 9.17) is 0 Å². The molecule has 1 unspecified atom stereocenters. The van der Waals surface area contributed by atoms with Crippen LogP contribution in [0.15, 0.2) is 46.9 Å². The molecule has 0 saturated heterocycles. The van der Waals surface area contributed by atoms with Crippen LogP contribution in [-0.4, -0.2) is 6.54 Å². The number of nitrogens with one attached hydrogen (secondary N) is 1. The molecule has 1 nitrogen and oxygen atoms in total. The minimum Gasteiger partial charge on any atom is -0.310 e. The van der Waals surface area contributed by atoms with Gasteiger partial charge in [0.2, 0.25) is 0 Å². The molecule has 0 aliphatic rings. The fraction of sp³-hybridized carbons (Fsp3) is 0.250. The van der Waals surface area contributed by atoms with Crippen LogP contribution in [0.4, 0.5) is 8.78 Å². The molecular formula is C16H16BrF2N. The molecule has 0 aromatic heterocycles. The molecule has 1 N–H and O–H groups in total. The highest BCUT2D eigenvalue weighted by atomic mass is 79.9. The maximum Gasteiger partial charge on any atom is 0.126 e. The first kappa shape index (κ1) is 15.1. The second-order valence-corrected chi connectivity index (χ2v) is 5.67. The van der Waals surface area contributed by atoms with Gasteiger partial charge in [-0.3, -0.25) is 0 Å². The second-order valence-electron chi connectivity index (χ2n) is 4.76. The highest BCUT2D eigenvalue weighted by molar-refractivity contribution is 9.10. The van der Waals surface area contributed by atoms with Gasteiger partial charge in [-0.05, 0) is 55.3 Å². The van der Waals surface area contributed by atoms with E-state index in [0.29, 0.717) is 18.5 Å². The van der Waals surface area contributed by atoms with Crippen molar-refractivity contribution < 1.29 is 8.78 Å². The molecular weight excluding hydrogens is 324 g/mol. The number of hydrogen-bond donors (Lipinski definition) is 1. The molecule has 0 amide bonds. The van der Waals surface area contributed by atoms with Crippen molar-refractivity contribution in [3.8, 4) is 0 Å². The van der Waals surface area contributed by atoms with Gasteiger partial charge in [-0.25, -0.2) is 8.78 Å². The summed E-state index contributed by atoms with van der Waals surface area (Å²) in [5.74, 6) is -1.05. The molecule has 0 aliphatic heterocycles. The molecule has 2 aromatic carbocycles. The molecule has 0 spiro atoms. The molecule has 0 radical (unpaired) electrons. The van der Waals surface area contributed by atoms with Gasteiger partial charge in [0.15, 0.2) is 0 Å². The van der Waals surface area contributed by atoms with E-state index in [0.717, 1.165) is 10.5 Å². The van der Waals surface area contributed by atoms with Crippen LogP contribution < -0.4 is 5.32 Å². The standard InChI is InChI=1S/C16H16BrF2N/c1-11(13-2-4-14(17)5-3-13)20-7-6-12-8-15(18)10-16(19)9-12/h2-5,8-11,20H,6-7H2,1H3. The Bertz CT molecular complexity index is 549. The van der Waals surface area contributed by atoms with Crippen molar-refractivity contribution in [1.82, 2.24) is 5.32 Å². The van der Waals surface area contributed by atoms with Crippen LogP contribution in [0, 0.1) is 11.6 Å². The van der Waals surface area contributed by atoms with Crippen molar-refractivity contribution >= 4 is 15.9 Å². The molecule has 106 valence electrons. The van der Waals surface area contributed by atoms with Crippen LogP contribution in [0.25, 0.3) is 0 Å². The van der Waals surface area contributed by atoms with Gasteiger partial charge in [0.1, 0.15) is 11.6 Å². The molecule has 0 aliphatic carbocycles. The third-order valence-electron chi connectivity index (χ3n) is 3.16. The lowest BCUT2D eigenvalue weighted by atomic mass is 10.1. The van der Waals surface area contributed by atoms with Crippen LogP contribution in [0.3, 0.4) is 0 Å². The summed E-state index contributed by atoms with van der Waals surface area (Å²) >= 11 is 3.40. The van der Waals surface area contributed by atoms with Crippen LogP contribution in [-0.2, 0) is 6.42 Å². The summed E-state index contributed by atoms with van der Waals surface area (Å²) in [4.78, 5) is 0. The summed E-state index contributed by atoms with van der Waals surface area (Å²) in [6.07, 6.45) is 0.593. The predicted octanol–water partition coefficient (Wildman–Crippen LogP) is 4.62. The Morgan fingerprint density at radius 3 is 2.25 bits per heavy atom. The van der Waals surface area contributed by atoms with Crippen molar-refractivity contribution in [2.45, 2.75) is 19.4 Å². The number of benzene rings is 2.